The molecule has 0 aliphatic rings. The Morgan fingerprint density at radius 2 is 1.89 bits per heavy atom. The number of halogens is 1. The summed E-state index contributed by atoms with van der Waals surface area (Å²) in [6, 6.07) is 9.18. The molecule has 0 saturated carbocycles. The molecule has 0 saturated heterocycles. The first-order valence-electron chi connectivity index (χ1n) is 7.92. The molecule has 0 aliphatic heterocycles. The number of sulfone groups is 1. The molecule has 1 N–H and O–H groups in total. The van der Waals surface area contributed by atoms with Crippen LogP contribution in [0.3, 0.4) is 0 Å². The fraction of sp³-hybridized carbons (Fsp3) is 0.235. The lowest BCUT2D eigenvalue weighted by Crippen LogP contribution is -2.28. The van der Waals surface area contributed by atoms with Crippen molar-refractivity contribution >= 4 is 43.3 Å². The van der Waals surface area contributed by atoms with E-state index in [0.717, 1.165) is 0 Å². The predicted octanol–water partition coefficient (Wildman–Crippen LogP) is 3.67. The van der Waals surface area contributed by atoms with Gasteiger partial charge >= 0.3 is 6.09 Å². The summed E-state index contributed by atoms with van der Waals surface area (Å²) in [6.07, 6.45) is 0.728. The molecule has 10 heteroatoms. The number of hydrogen-bond donors (Lipinski definition) is 1. The second-order valence-electron chi connectivity index (χ2n) is 6.65. The van der Waals surface area contributed by atoms with Crippen LogP contribution in [-0.2, 0) is 14.6 Å². The molecular formula is C17H17BrN4O4S. The van der Waals surface area contributed by atoms with Crippen LogP contribution in [0.2, 0.25) is 0 Å². The Bertz CT molecular complexity index is 1110. The molecule has 1 aromatic carbocycles. The lowest BCUT2D eigenvalue weighted by molar-refractivity contribution is 0.0635. The van der Waals surface area contributed by atoms with Crippen molar-refractivity contribution in [3.63, 3.8) is 0 Å². The van der Waals surface area contributed by atoms with Gasteiger partial charge in [-0.25, -0.2) is 18.2 Å². The van der Waals surface area contributed by atoms with Crippen molar-refractivity contribution in [1.82, 2.24) is 14.6 Å². The Morgan fingerprint density at radius 1 is 1.22 bits per heavy atom. The minimum absolute atomic E-state index is 0.0979. The van der Waals surface area contributed by atoms with Crippen molar-refractivity contribution in [2.45, 2.75) is 36.3 Å². The number of nitrogens with one attached hydrogen (secondary N) is 1. The van der Waals surface area contributed by atoms with E-state index in [1.165, 1.54) is 28.9 Å². The van der Waals surface area contributed by atoms with E-state index < -0.39 is 21.5 Å². The Kier molecular flexibility index (Phi) is 4.96. The molecule has 0 radical (unpaired) electrons. The minimum Gasteiger partial charge on any atom is -0.444 e. The van der Waals surface area contributed by atoms with Crippen LogP contribution in [0.5, 0.6) is 0 Å². The van der Waals surface area contributed by atoms with Crippen LogP contribution in [0.4, 0.5) is 10.6 Å². The number of carbonyl (C=O) groups excluding carboxylic acids is 1. The molecule has 2 heterocycles. The normalized spacial score (nSPS) is 12.1. The fourth-order valence-corrected chi connectivity index (χ4v) is 3.85. The lowest BCUT2D eigenvalue weighted by Gasteiger charge is -2.20. The van der Waals surface area contributed by atoms with Gasteiger partial charge in [-0.1, -0.05) is 18.2 Å². The zero-order valence-corrected chi connectivity index (χ0v) is 17.2. The number of aromatic nitrogens is 3. The van der Waals surface area contributed by atoms with E-state index >= 15 is 0 Å². The fourth-order valence-electron chi connectivity index (χ4n) is 2.27. The Balaban J connectivity index is 2.11. The number of anilines is 1. The minimum atomic E-state index is -3.88. The number of nitrogens with zero attached hydrogens (tertiary/aromatic N) is 3. The second kappa shape index (κ2) is 6.93. The molecule has 0 spiro atoms. The van der Waals surface area contributed by atoms with E-state index in [-0.39, 0.29) is 21.4 Å². The van der Waals surface area contributed by atoms with Gasteiger partial charge in [-0.3, -0.25) is 5.32 Å². The molecule has 0 aliphatic carbocycles. The van der Waals surface area contributed by atoms with E-state index in [9.17, 15) is 13.2 Å². The topological polar surface area (TPSA) is 103 Å². The van der Waals surface area contributed by atoms with E-state index in [1.54, 1.807) is 39.0 Å². The van der Waals surface area contributed by atoms with Gasteiger partial charge < -0.3 is 4.74 Å². The molecule has 142 valence electrons. The Morgan fingerprint density at radius 3 is 2.52 bits per heavy atom. The van der Waals surface area contributed by atoms with E-state index in [1.807, 2.05) is 0 Å². The first-order valence-corrected chi connectivity index (χ1v) is 10.2. The van der Waals surface area contributed by atoms with Gasteiger partial charge in [0, 0.05) is 6.07 Å². The number of ether oxygens (including phenoxy) is 1. The van der Waals surface area contributed by atoms with Crippen molar-refractivity contribution in [2.24, 2.45) is 0 Å². The zero-order valence-electron chi connectivity index (χ0n) is 14.8. The maximum atomic E-state index is 12.9. The third kappa shape index (κ3) is 4.11. The van der Waals surface area contributed by atoms with Gasteiger partial charge in [0.1, 0.15) is 11.4 Å². The van der Waals surface area contributed by atoms with Gasteiger partial charge in [-0.05, 0) is 48.8 Å². The Labute approximate surface area is 164 Å². The third-order valence-corrected chi connectivity index (χ3v) is 5.58. The summed E-state index contributed by atoms with van der Waals surface area (Å²) in [5, 5.41) is 6.42. The van der Waals surface area contributed by atoms with Crippen LogP contribution in [0, 0.1) is 0 Å². The number of carbonyl (C=O) groups is 1. The molecule has 8 nitrogen and oxygen atoms in total. The highest BCUT2D eigenvalue weighted by molar-refractivity contribution is 9.10. The van der Waals surface area contributed by atoms with Crippen LogP contribution < -0.4 is 5.32 Å². The summed E-state index contributed by atoms with van der Waals surface area (Å²) < 4.78 is 32.9. The highest BCUT2D eigenvalue weighted by Gasteiger charge is 2.24. The first-order chi connectivity index (χ1) is 12.6. The highest BCUT2D eigenvalue weighted by Crippen LogP contribution is 2.26. The molecular weight excluding hydrogens is 436 g/mol. The molecule has 2 aromatic heterocycles. The molecule has 27 heavy (non-hydrogen) atoms. The van der Waals surface area contributed by atoms with E-state index in [4.69, 9.17) is 4.74 Å². The predicted molar refractivity (Wildman–Crippen MR) is 102 cm³/mol. The standard InChI is InChI=1S/C17H17BrN4O4S/c1-17(2,3)26-16(23)20-13-9-14(21-15-12(18)10-19-22(13)15)27(24,25)11-7-5-4-6-8-11/h4-10H,1-3H3,(H,20,23). The second-order valence-corrected chi connectivity index (χ2v) is 9.40. The van der Waals surface area contributed by atoms with Crippen LogP contribution >= 0.6 is 15.9 Å². The van der Waals surface area contributed by atoms with Crippen molar-refractivity contribution in [3.05, 3.63) is 47.1 Å². The summed E-state index contributed by atoms with van der Waals surface area (Å²) >= 11 is 3.29. The van der Waals surface area contributed by atoms with Crippen LogP contribution in [0.15, 0.2) is 57.0 Å². The smallest absolute Gasteiger partial charge is 0.413 e. The van der Waals surface area contributed by atoms with Gasteiger partial charge in [-0.2, -0.15) is 9.61 Å². The van der Waals surface area contributed by atoms with Crippen molar-refractivity contribution in [1.29, 1.82) is 0 Å². The summed E-state index contributed by atoms with van der Waals surface area (Å²) in [5.41, 5.74) is -0.460. The summed E-state index contributed by atoms with van der Waals surface area (Å²) in [4.78, 5) is 16.5. The average Bonchev–Trinajstić information content (AvgIpc) is 2.95. The summed E-state index contributed by atoms with van der Waals surface area (Å²) in [6.45, 7) is 5.18. The van der Waals surface area contributed by atoms with E-state index in [2.05, 4.69) is 31.3 Å². The molecule has 3 aromatic rings. The van der Waals surface area contributed by atoms with Gasteiger partial charge in [0.2, 0.25) is 9.84 Å². The van der Waals surface area contributed by atoms with Crippen molar-refractivity contribution < 1.29 is 17.9 Å². The molecule has 1 amide bonds. The summed E-state index contributed by atoms with van der Waals surface area (Å²) in [5.74, 6) is 0.120. The van der Waals surface area contributed by atoms with Gasteiger partial charge in [-0.15, -0.1) is 0 Å². The summed E-state index contributed by atoms with van der Waals surface area (Å²) in [7, 11) is -3.88. The largest absolute Gasteiger partial charge is 0.444 e. The van der Waals surface area contributed by atoms with Gasteiger partial charge in [0.15, 0.2) is 10.7 Å². The monoisotopic (exact) mass is 452 g/mol. The Hall–Kier alpha value is -2.46. The zero-order chi connectivity index (χ0) is 19.8. The lowest BCUT2D eigenvalue weighted by atomic mass is 10.2. The van der Waals surface area contributed by atoms with E-state index in [0.29, 0.717) is 4.47 Å². The third-order valence-electron chi connectivity index (χ3n) is 3.36. The number of hydrogen-bond acceptors (Lipinski definition) is 6. The van der Waals surface area contributed by atoms with Crippen LogP contribution in [-0.4, -0.2) is 34.7 Å². The highest BCUT2D eigenvalue weighted by atomic mass is 79.9. The SMILES string of the molecule is CC(C)(C)OC(=O)Nc1cc(S(=O)(=O)c2ccccc2)nc2c(Br)cnn12. The molecule has 0 bridgehead atoms. The molecule has 0 unspecified atom stereocenters. The molecule has 0 fully saturated rings. The maximum absolute atomic E-state index is 12.9. The van der Waals surface area contributed by atoms with Crippen LogP contribution in [0.1, 0.15) is 20.8 Å². The number of benzene rings is 1. The van der Waals surface area contributed by atoms with Crippen LogP contribution in [0.25, 0.3) is 5.65 Å². The quantitative estimate of drug-likeness (QED) is 0.607. The number of amides is 1. The number of rotatable bonds is 3. The van der Waals surface area contributed by atoms with Gasteiger partial charge in [0.25, 0.3) is 0 Å². The average molecular weight is 453 g/mol. The van der Waals surface area contributed by atoms with Crippen molar-refractivity contribution in [2.75, 3.05) is 5.32 Å². The van der Waals surface area contributed by atoms with Crippen molar-refractivity contribution in [3.8, 4) is 0 Å². The molecule has 3 rings (SSSR count). The maximum Gasteiger partial charge on any atom is 0.413 e. The van der Waals surface area contributed by atoms with Gasteiger partial charge in [0.05, 0.1) is 15.6 Å². The first kappa shape index (κ1) is 19.3. The molecule has 0 atom stereocenters. The number of fused-ring (bicyclic) bond motifs is 1.